The van der Waals surface area contributed by atoms with E-state index in [9.17, 15) is 0 Å². The average Bonchev–Trinajstić information content (AvgIpc) is 2.58. The number of rotatable bonds is 1. The Morgan fingerprint density at radius 2 is 2.00 bits per heavy atom. The Morgan fingerprint density at radius 3 is 2.58 bits per heavy atom. The lowest BCUT2D eigenvalue weighted by molar-refractivity contribution is -0.0279. The molecule has 3 nitrogen and oxygen atoms in total. The normalized spacial score (nSPS) is 15.8. The van der Waals surface area contributed by atoms with Gasteiger partial charge in [0, 0.05) is 10.7 Å². The van der Waals surface area contributed by atoms with Crippen LogP contribution in [-0.4, -0.2) is 4.98 Å². The van der Waals surface area contributed by atoms with Gasteiger partial charge in [-0.3, -0.25) is 4.98 Å². The van der Waals surface area contributed by atoms with Crippen molar-refractivity contribution in [2.24, 2.45) is 0 Å². The van der Waals surface area contributed by atoms with E-state index in [1.165, 1.54) is 12.5 Å². The Hall–Kier alpha value is -1.03. The number of ether oxygens (including phenoxy) is 2. The highest BCUT2D eigenvalue weighted by Crippen LogP contribution is 2.22. The average molecular weight is 228 g/mol. The minimum Gasteiger partial charge on any atom is -0.454 e. The predicted molar refractivity (Wildman–Crippen MR) is 46.0 cm³/mol. The molecule has 4 heteroatoms. The highest BCUT2D eigenvalue weighted by molar-refractivity contribution is 9.10. The molecule has 0 radical (unpaired) electrons. The van der Waals surface area contributed by atoms with Crippen LogP contribution in [0.2, 0.25) is 0 Å². The van der Waals surface area contributed by atoms with E-state index < -0.39 is 0 Å². The molecule has 0 bridgehead atoms. The van der Waals surface area contributed by atoms with Crippen LogP contribution in [0.15, 0.2) is 35.3 Å². The zero-order valence-corrected chi connectivity index (χ0v) is 7.69. The Bertz CT molecular complexity index is 288. The topological polar surface area (TPSA) is 31.4 Å². The monoisotopic (exact) mass is 227 g/mol. The van der Waals surface area contributed by atoms with Crippen molar-refractivity contribution in [1.29, 1.82) is 0 Å². The Labute approximate surface area is 78.1 Å². The van der Waals surface area contributed by atoms with Crippen molar-refractivity contribution in [1.82, 2.24) is 4.98 Å². The number of hydrogen-bond acceptors (Lipinski definition) is 3. The second-order valence-corrected chi connectivity index (χ2v) is 3.19. The Morgan fingerprint density at radius 1 is 1.25 bits per heavy atom. The third kappa shape index (κ3) is 1.43. The zero-order chi connectivity index (χ0) is 8.39. The van der Waals surface area contributed by atoms with Crippen LogP contribution in [0.3, 0.4) is 0 Å². The van der Waals surface area contributed by atoms with Crippen LogP contribution < -0.4 is 0 Å². The van der Waals surface area contributed by atoms with Gasteiger partial charge in [0.15, 0.2) is 0 Å². The molecule has 1 aliphatic heterocycles. The van der Waals surface area contributed by atoms with E-state index in [0.29, 0.717) is 0 Å². The number of hydrogen-bond donors (Lipinski definition) is 0. The summed E-state index contributed by atoms with van der Waals surface area (Å²) in [6.45, 7) is 0. The SMILES string of the molecule is Brc1ccc(C2OC=CO2)nc1. The molecule has 0 atom stereocenters. The third-order valence-electron chi connectivity index (χ3n) is 1.45. The molecule has 0 N–H and O–H groups in total. The first-order valence-electron chi connectivity index (χ1n) is 3.43. The minimum atomic E-state index is -0.377. The highest BCUT2D eigenvalue weighted by atomic mass is 79.9. The fourth-order valence-electron chi connectivity index (χ4n) is 0.905. The van der Waals surface area contributed by atoms with Crippen LogP contribution in [-0.2, 0) is 9.47 Å². The summed E-state index contributed by atoms with van der Waals surface area (Å²) in [4.78, 5) is 4.12. The molecule has 0 fully saturated rings. The maximum Gasteiger partial charge on any atom is 0.283 e. The van der Waals surface area contributed by atoms with Crippen LogP contribution in [0.4, 0.5) is 0 Å². The van der Waals surface area contributed by atoms with Crippen molar-refractivity contribution < 1.29 is 9.47 Å². The highest BCUT2D eigenvalue weighted by Gasteiger charge is 2.15. The molecule has 62 valence electrons. The Kier molecular flexibility index (Phi) is 1.99. The molecule has 0 aromatic carbocycles. The van der Waals surface area contributed by atoms with Gasteiger partial charge in [-0.05, 0) is 28.1 Å². The van der Waals surface area contributed by atoms with Gasteiger partial charge in [-0.1, -0.05) is 0 Å². The first-order chi connectivity index (χ1) is 5.86. The number of halogens is 1. The van der Waals surface area contributed by atoms with Gasteiger partial charge in [0.25, 0.3) is 6.29 Å². The summed E-state index contributed by atoms with van der Waals surface area (Å²) in [5.74, 6) is 0. The summed E-state index contributed by atoms with van der Waals surface area (Å²) in [6, 6.07) is 3.75. The maximum absolute atomic E-state index is 5.10. The molecule has 12 heavy (non-hydrogen) atoms. The first kappa shape index (κ1) is 7.61. The van der Waals surface area contributed by atoms with Crippen LogP contribution in [0.25, 0.3) is 0 Å². The van der Waals surface area contributed by atoms with Crippen LogP contribution in [0, 0.1) is 0 Å². The number of aromatic nitrogens is 1. The molecular weight excluding hydrogens is 222 g/mol. The molecule has 0 aliphatic carbocycles. The predicted octanol–water partition coefficient (Wildman–Crippen LogP) is 2.36. The fourth-order valence-corrected chi connectivity index (χ4v) is 1.14. The lowest BCUT2D eigenvalue weighted by Crippen LogP contribution is -1.99. The molecule has 2 rings (SSSR count). The Balaban J connectivity index is 2.18. The zero-order valence-electron chi connectivity index (χ0n) is 6.11. The second kappa shape index (κ2) is 3.15. The van der Waals surface area contributed by atoms with Crippen molar-refractivity contribution in [3.63, 3.8) is 0 Å². The first-order valence-corrected chi connectivity index (χ1v) is 4.23. The lowest BCUT2D eigenvalue weighted by atomic mass is 10.3. The molecule has 0 unspecified atom stereocenters. The van der Waals surface area contributed by atoms with Gasteiger partial charge in [-0.2, -0.15) is 0 Å². The molecule has 1 aliphatic rings. The number of pyridine rings is 1. The van der Waals surface area contributed by atoms with Gasteiger partial charge in [-0.25, -0.2) is 0 Å². The smallest absolute Gasteiger partial charge is 0.283 e. The van der Waals surface area contributed by atoms with E-state index in [0.717, 1.165) is 10.2 Å². The standard InChI is InChI=1S/C8H6BrNO2/c9-6-1-2-7(10-5-6)8-11-3-4-12-8/h1-5,8H. The van der Waals surface area contributed by atoms with Crippen molar-refractivity contribution in [2.75, 3.05) is 0 Å². The summed E-state index contributed by atoms with van der Waals surface area (Å²) < 4.78 is 11.1. The second-order valence-electron chi connectivity index (χ2n) is 2.28. The quantitative estimate of drug-likeness (QED) is 0.739. The molecule has 0 saturated heterocycles. The molecule has 0 amide bonds. The van der Waals surface area contributed by atoms with Crippen molar-refractivity contribution >= 4 is 15.9 Å². The summed E-state index contributed by atoms with van der Waals surface area (Å²) in [5, 5.41) is 0. The van der Waals surface area contributed by atoms with Crippen LogP contribution in [0.1, 0.15) is 12.0 Å². The van der Waals surface area contributed by atoms with Crippen molar-refractivity contribution in [2.45, 2.75) is 6.29 Å². The van der Waals surface area contributed by atoms with E-state index in [1.54, 1.807) is 6.20 Å². The lowest BCUT2D eigenvalue weighted by Gasteiger charge is -2.08. The van der Waals surface area contributed by atoms with Crippen LogP contribution >= 0.6 is 15.9 Å². The van der Waals surface area contributed by atoms with E-state index in [1.807, 2.05) is 12.1 Å². The molecule has 1 aromatic rings. The minimum absolute atomic E-state index is 0.377. The van der Waals surface area contributed by atoms with E-state index >= 15 is 0 Å². The summed E-state index contributed by atoms with van der Waals surface area (Å²) in [6.07, 6.45) is 4.35. The van der Waals surface area contributed by atoms with Gasteiger partial charge >= 0.3 is 0 Å². The summed E-state index contributed by atoms with van der Waals surface area (Å²) >= 11 is 3.29. The summed E-state index contributed by atoms with van der Waals surface area (Å²) in [5.41, 5.74) is 0.767. The van der Waals surface area contributed by atoms with Crippen molar-refractivity contribution in [3.8, 4) is 0 Å². The van der Waals surface area contributed by atoms with Gasteiger partial charge in [0.2, 0.25) is 0 Å². The third-order valence-corrected chi connectivity index (χ3v) is 1.92. The largest absolute Gasteiger partial charge is 0.454 e. The molecular formula is C8H6BrNO2. The fraction of sp³-hybridized carbons (Fsp3) is 0.125. The number of nitrogens with zero attached hydrogens (tertiary/aromatic N) is 1. The van der Waals surface area contributed by atoms with E-state index in [-0.39, 0.29) is 6.29 Å². The maximum atomic E-state index is 5.10. The summed E-state index contributed by atoms with van der Waals surface area (Å²) in [7, 11) is 0. The molecule has 0 spiro atoms. The molecule has 0 saturated carbocycles. The van der Waals surface area contributed by atoms with Gasteiger partial charge in [0.1, 0.15) is 18.2 Å². The van der Waals surface area contributed by atoms with Crippen LogP contribution in [0.5, 0.6) is 0 Å². The van der Waals surface area contributed by atoms with E-state index in [2.05, 4.69) is 20.9 Å². The van der Waals surface area contributed by atoms with Gasteiger partial charge < -0.3 is 9.47 Å². The molecule has 2 heterocycles. The van der Waals surface area contributed by atoms with Gasteiger partial charge in [0.05, 0.1) is 0 Å². The van der Waals surface area contributed by atoms with Gasteiger partial charge in [-0.15, -0.1) is 0 Å². The van der Waals surface area contributed by atoms with Crippen molar-refractivity contribution in [3.05, 3.63) is 41.0 Å². The molecule has 1 aromatic heterocycles. The van der Waals surface area contributed by atoms with E-state index in [4.69, 9.17) is 9.47 Å².